The van der Waals surface area contributed by atoms with E-state index < -0.39 is 12.1 Å². The Morgan fingerprint density at radius 3 is 2.93 bits per heavy atom. The van der Waals surface area contributed by atoms with Crippen LogP contribution in [-0.2, 0) is 4.74 Å². The van der Waals surface area contributed by atoms with Crippen molar-refractivity contribution < 1.29 is 19.4 Å². The molecule has 0 atom stereocenters. The third-order valence-electron chi connectivity index (χ3n) is 1.21. The van der Waals surface area contributed by atoms with Crippen molar-refractivity contribution in [2.45, 2.75) is 6.92 Å². The van der Waals surface area contributed by atoms with Gasteiger partial charge in [-0.05, 0) is 6.92 Å². The standard InChI is InChI=1S/C7H8N2O4S/c1-2-13-7(12)9-6-8-4(3-14-6)5(10)11/h3H,2H2,1H3,(H,10,11)(H,8,9,12). The first-order valence-electron chi connectivity index (χ1n) is 3.76. The topological polar surface area (TPSA) is 88.5 Å². The highest BCUT2D eigenvalue weighted by Gasteiger charge is 2.10. The minimum absolute atomic E-state index is 0.0956. The summed E-state index contributed by atoms with van der Waals surface area (Å²) in [5.41, 5.74) is -0.0956. The van der Waals surface area contributed by atoms with E-state index in [1.54, 1.807) is 6.92 Å². The Morgan fingerprint density at radius 2 is 2.43 bits per heavy atom. The van der Waals surface area contributed by atoms with Crippen LogP contribution >= 0.6 is 11.3 Å². The van der Waals surface area contributed by atoms with E-state index in [0.29, 0.717) is 0 Å². The lowest BCUT2D eigenvalue weighted by Crippen LogP contribution is -2.13. The number of amides is 1. The molecule has 7 heteroatoms. The van der Waals surface area contributed by atoms with Crippen molar-refractivity contribution in [2.75, 3.05) is 11.9 Å². The first kappa shape index (κ1) is 10.5. The summed E-state index contributed by atoms with van der Waals surface area (Å²) in [6, 6.07) is 0. The number of ether oxygens (including phenoxy) is 1. The molecule has 0 saturated heterocycles. The molecule has 1 aromatic rings. The molecular formula is C7H8N2O4S. The van der Waals surface area contributed by atoms with Crippen LogP contribution in [0.1, 0.15) is 17.4 Å². The normalized spacial score (nSPS) is 9.50. The van der Waals surface area contributed by atoms with Crippen molar-refractivity contribution in [3.05, 3.63) is 11.1 Å². The van der Waals surface area contributed by atoms with Gasteiger partial charge in [0.25, 0.3) is 0 Å². The molecule has 76 valence electrons. The average molecular weight is 216 g/mol. The van der Waals surface area contributed by atoms with Crippen LogP contribution in [0.4, 0.5) is 9.93 Å². The molecule has 2 N–H and O–H groups in total. The van der Waals surface area contributed by atoms with Crippen LogP contribution in [0.5, 0.6) is 0 Å². The van der Waals surface area contributed by atoms with Gasteiger partial charge in [0.1, 0.15) is 0 Å². The van der Waals surface area contributed by atoms with E-state index in [2.05, 4.69) is 15.0 Å². The highest BCUT2D eigenvalue weighted by molar-refractivity contribution is 7.14. The van der Waals surface area contributed by atoms with Crippen molar-refractivity contribution in [2.24, 2.45) is 0 Å². The molecule has 0 fully saturated rings. The van der Waals surface area contributed by atoms with Crippen LogP contribution in [-0.4, -0.2) is 28.8 Å². The van der Waals surface area contributed by atoms with E-state index in [9.17, 15) is 9.59 Å². The van der Waals surface area contributed by atoms with Crippen molar-refractivity contribution >= 4 is 28.5 Å². The second kappa shape index (κ2) is 4.56. The second-order valence-corrected chi connectivity index (χ2v) is 3.05. The SMILES string of the molecule is CCOC(=O)Nc1nc(C(=O)O)cs1. The largest absolute Gasteiger partial charge is 0.476 e. The molecule has 0 spiro atoms. The van der Waals surface area contributed by atoms with Crippen LogP contribution in [0.2, 0.25) is 0 Å². The average Bonchev–Trinajstić information content (AvgIpc) is 2.53. The smallest absolute Gasteiger partial charge is 0.413 e. The molecule has 0 unspecified atom stereocenters. The molecule has 0 radical (unpaired) electrons. The molecule has 6 nitrogen and oxygen atoms in total. The second-order valence-electron chi connectivity index (χ2n) is 2.19. The maximum atomic E-state index is 10.9. The number of hydrogen-bond acceptors (Lipinski definition) is 5. The Balaban J connectivity index is 2.59. The number of nitrogens with zero attached hydrogens (tertiary/aromatic N) is 1. The van der Waals surface area contributed by atoms with Gasteiger partial charge in [0.2, 0.25) is 0 Å². The number of aromatic carboxylic acids is 1. The number of carbonyl (C=O) groups excluding carboxylic acids is 1. The molecule has 0 bridgehead atoms. The number of aromatic nitrogens is 1. The number of nitrogens with one attached hydrogen (secondary N) is 1. The fourth-order valence-corrected chi connectivity index (χ4v) is 1.35. The summed E-state index contributed by atoms with van der Waals surface area (Å²) in [7, 11) is 0. The highest BCUT2D eigenvalue weighted by atomic mass is 32.1. The van der Waals surface area contributed by atoms with Crippen LogP contribution in [0, 0.1) is 0 Å². The van der Waals surface area contributed by atoms with Gasteiger partial charge in [0.15, 0.2) is 10.8 Å². The molecule has 1 heterocycles. The molecule has 1 rings (SSSR count). The summed E-state index contributed by atoms with van der Waals surface area (Å²) < 4.78 is 4.58. The van der Waals surface area contributed by atoms with E-state index in [4.69, 9.17) is 5.11 Å². The Morgan fingerprint density at radius 1 is 1.71 bits per heavy atom. The Hall–Kier alpha value is -1.63. The first-order chi connectivity index (χ1) is 6.63. The van der Waals surface area contributed by atoms with Gasteiger partial charge in [-0.2, -0.15) is 0 Å². The van der Waals surface area contributed by atoms with E-state index >= 15 is 0 Å². The number of thiazole rings is 1. The predicted molar refractivity (Wildman–Crippen MR) is 49.7 cm³/mol. The number of carboxylic acids is 1. The van der Waals surface area contributed by atoms with Gasteiger partial charge in [-0.25, -0.2) is 14.6 Å². The Kier molecular flexibility index (Phi) is 3.41. The van der Waals surface area contributed by atoms with Crippen LogP contribution < -0.4 is 5.32 Å². The van der Waals surface area contributed by atoms with E-state index in [1.165, 1.54) is 5.38 Å². The quantitative estimate of drug-likeness (QED) is 0.797. The Labute approximate surface area is 83.5 Å². The summed E-state index contributed by atoms with van der Waals surface area (Å²) in [6.07, 6.45) is -0.640. The maximum absolute atomic E-state index is 10.9. The fraction of sp³-hybridized carbons (Fsp3) is 0.286. The number of rotatable bonds is 3. The lowest BCUT2D eigenvalue weighted by atomic mass is 10.5. The van der Waals surface area contributed by atoms with Gasteiger partial charge < -0.3 is 9.84 Å². The first-order valence-corrected chi connectivity index (χ1v) is 4.64. The molecule has 0 aliphatic heterocycles. The molecule has 0 aliphatic carbocycles. The molecule has 1 aromatic heterocycles. The van der Waals surface area contributed by atoms with Crippen molar-refractivity contribution in [3.8, 4) is 0 Å². The van der Waals surface area contributed by atoms with Gasteiger partial charge in [-0.15, -0.1) is 11.3 Å². The number of hydrogen-bond donors (Lipinski definition) is 2. The van der Waals surface area contributed by atoms with E-state index in [1.807, 2.05) is 0 Å². The Bertz CT molecular complexity index is 349. The third-order valence-corrected chi connectivity index (χ3v) is 1.97. The molecule has 0 aromatic carbocycles. The lowest BCUT2D eigenvalue weighted by Gasteiger charge is -1.99. The monoisotopic (exact) mass is 216 g/mol. The molecular weight excluding hydrogens is 208 g/mol. The van der Waals surface area contributed by atoms with Crippen LogP contribution in [0.15, 0.2) is 5.38 Å². The van der Waals surface area contributed by atoms with Crippen molar-refractivity contribution in [3.63, 3.8) is 0 Å². The van der Waals surface area contributed by atoms with Gasteiger partial charge in [0.05, 0.1) is 6.61 Å². The summed E-state index contributed by atoms with van der Waals surface area (Å²) in [4.78, 5) is 24.9. The van der Waals surface area contributed by atoms with Crippen molar-refractivity contribution in [1.82, 2.24) is 4.98 Å². The van der Waals surface area contributed by atoms with Gasteiger partial charge >= 0.3 is 12.1 Å². The van der Waals surface area contributed by atoms with Gasteiger partial charge in [-0.1, -0.05) is 0 Å². The van der Waals surface area contributed by atoms with Gasteiger partial charge in [0, 0.05) is 5.38 Å². The highest BCUT2D eigenvalue weighted by Crippen LogP contribution is 2.15. The minimum Gasteiger partial charge on any atom is -0.476 e. The molecule has 0 aliphatic rings. The van der Waals surface area contributed by atoms with Gasteiger partial charge in [-0.3, -0.25) is 5.32 Å². The van der Waals surface area contributed by atoms with E-state index in [0.717, 1.165) is 11.3 Å². The van der Waals surface area contributed by atoms with Crippen molar-refractivity contribution in [1.29, 1.82) is 0 Å². The number of anilines is 1. The molecule has 14 heavy (non-hydrogen) atoms. The number of carboxylic acid groups (broad SMARTS) is 1. The number of carbonyl (C=O) groups is 2. The maximum Gasteiger partial charge on any atom is 0.413 e. The lowest BCUT2D eigenvalue weighted by molar-refractivity contribution is 0.0691. The zero-order chi connectivity index (χ0) is 10.6. The zero-order valence-corrected chi connectivity index (χ0v) is 8.13. The molecule has 1 amide bonds. The molecule has 0 saturated carbocycles. The van der Waals surface area contributed by atoms with Crippen LogP contribution in [0.3, 0.4) is 0 Å². The zero-order valence-electron chi connectivity index (χ0n) is 7.31. The summed E-state index contributed by atoms with van der Waals surface area (Å²) in [5.74, 6) is -1.13. The fourth-order valence-electron chi connectivity index (χ4n) is 0.684. The summed E-state index contributed by atoms with van der Waals surface area (Å²) in [5, 5.41) is 12.4. The van der Waals surface area contributed by atoms with Crippen LogP contribution in [0.25, 0.3) is 0 Å². The summed E-state index contributed by atoms with van der Waals surface area (Å²) in [6.45, 7) is 1.92. The summed E-state index contributed by atoms with van der Waals surface area (Å²) >= 11 is 1.03. The van der Waals surface area contributed by atoms with E-state index in [-0.39, 0.29) is 17.4 Å². The third kappa shape index (κ3) is 2.70. The minimum atomic E-state index is -1.13. The predicted octanol–water partition coefficient (Wildman–Crippen LogP) is 1.41.